The molecule has 0 N–H and O–H groups in total. The fourth-order valence-corrected chi connectivity index (χ4v) is 2.79. The van der Waals surface area contributed by atoms with Gasteiger partial charge in [0.1, 0.15) is 0 Å². The molecule has 0 aliphatic rings. The van der Waals surface area contributed by atoms with Gasteiger partial charge in [0, 0.05) is 38.8 Å². The first kappa shape index (κ1) is 18.6. The van der Waals surface area contributed by atoms with E-state index in [-0.39, 0.29) is 5.91 Å². The number of amides is 1. The molecule has 0 bridgehead atoms. The van der Waals surface area contributed by atoms with Crippen LogP contribution in [0.3, 0.4) is 0 Å². The molecule has 0 saturated carbocycles. The molecule has 0 unspecified atom stereocenters. The van der Waals surface area contributed by atoms with E-state index in [4.69, 9.17) is 4.52 Å². The molecule has 0 aliphatic carbocycles. The topological polar surface area (TPSA) is 62.5 Å². The fraction of sp³-hybridized carbons (Fsp3) is 0.286. The van der Waals surface area contributed by atoms with E-state index in [1.54, 1.807) is 11.9 Å². The summed E-state index contributed by atoms with van der Waals surface area (Å²) in [7, 11) is 5.76. The second kappa shape index (κ2) is 8.03. The van der Waals surface area contributed by atoms with Crippen molar-refractivity contribution in [3.63, 3.8) is 0 Å². The molecule has 2 aromatic carbocycles. The van der Waals surface area contributed by atoms with E-state index in [9.17, 15) is 4.79 Å². The predicted octanol–water partition coefficient (Wildman–Crippen LogP) is 3.64. The Labute approximate surface area is 159 Å². The Kier molecular flexibility index (Phi) is 5.54. The lowest BCUT2D eigenvalue weighted by Gasteiger charge is -2.16. The number of benzene rings is 2. The second-order valence-electron chi connectivity index (χ2n) is 6.64. The van der Waals surface area contributed by atoms with Gasteiger partial charge < -0.3 is 14.3 Å². The van der Waals surface area contributed by atoms with Crippen molar-refractivity contribution in [2.45, 2.75) is 19.9 Å². The van der Waals surface area contributed by atoms with Gasteiger partial charge in [-0.1, -0.05) is 36.3 Å². The van der Waals surface area contributed by atoms with Crippen LogP contribution in [-0.4, -0.2) is 42.1 Å². The van der Waals surface area contributed by atoms with Gasteiger partial charge in [-0.05, 0) is 35.4 Å². The maximum atomic E-state index is 12.8. The van der Waals surface area contributed by atoms with Gasteiger partial charge in [-0.25, -0.2) is 0 Å². The third-order valence-corrected chi connectivity index (χ3v) is 4.36. The summed E-state index contributed by atoms with van der Waals surface area (Å²) in [6.07, 6.45) is 0.680. The molecule has 0 fully saturated rings. The van der Waals surface area contributed by atoms with Gasteiger partial charge in [-0.2, -0.15) is 4.98 Å². The second-order valence-corrected chi connectivity index (χ2v) is 6.64. The highest BCUT2D eigenvalue weighted by Gasteiger charge is 2.15. The lowest BCUT2D eigenvalue weighted by Crippen LogP contribution is -2.26. The van der Waals surface area contributed by atoms with Crippen LogP contribution in [0.25, 0.3) is 11.1 Å². The van der Waals surface area contributed by atoms with E-state index in [1.165, 1.54) is 0 Å². The average molecular weight is 364 g/mol. The molecule has 6 heteroatoms. The van der Waals surface area contributed by atoms with Gasteiger partial charge in [0.25, 0.3) is 5.91 Å². The lowest BCUT2D eigenvalue weighted by molar-refractivity contribution is 0.0780. The Balaban J connectivity index is 1.76. The highest BCUT2D eigenvalue weighted by atomic mass is 16.5. The molecule has 0 spiro atoms. The first-order valence-electron chi connectivity index (χ1n) is 8.92. The van der Waals surface area contributed by atoms with E-state index >= 15 is 0 Å². The minimum atomic E-state index is -0.0791. The number of carbonyl (C=O) groups is 1. The van der Waals surface area contributed by atoms with Gasteiger partial charge in [0.05, 0.1) is 6.54 Å². The summed E-state index contributed by atoms with van der Waals surface area (Å²) in [4.78, 5) is 20.7. The Morgan fingerprint density at radius 3 is 2.41 bits per heavy atom. The Bertz CT molecular complexity index is 916. The zero-order chi connectivity index (χ0) is 19.4. The maximum absolute atomic E-state index is 12.8. The minimum Gasteiger partial charge on any atom is -0.378 e. The van der Waals surface area contributed by atoms with Gasteiger partial charge >= 0.3 is 0 Å². The van der Waals surface area contributed by atoms with E-state index in [0.717, 1.165) is 16.8 Å². The summed E-state index contributed by atoms with van der Waals surface area (Å²) in [5.74, 6) is 1.01. The van der Waals surface area contributed by atoms with Crippen molar-refractivity contribution in [3.8, 4) is 11.1 Å². The molecule has 1 heterocycles. The predicted molar refractivity (Wildman–Crippen MR) is 106 cm³/mol. The van der Waals surface area contributed by atoms with Crippen LogP contribution in [0, 0.1) is 0 Å². The Morgan fingerprint density at radius 1 is 1.04 bits per heavy atom. The number of rotatable bonds is 6. The average Bonchev–Trinajstić information content (AvgIpc) is 3.15. The zero-order valence-electron chi connectivity index (χ0n) is 16.1. The van der Waals surface area contributed by atoms with Crippen molar-refractivity contribution in [1.29, 1.82) is 0 Å². The molecule has 3 rings (SSSR count). The van der Waals surface area contributed by atoms with Crippen LogP contribution < -0.4 is 4.90 Å². The number of hydrogen-bond donors (Lipinski definition) is 0. The van der Waals surface area contributed by atoms with Crippen molar-refractivity contribution in [1.82, 2.24) is 15.0 Å². The quantitative estimate of drug-likeness (QED) is 0.668. The zero-order valence-corrected chi connectivity index (χ0v) is 16.1. The summed E-state index contributed by atoms with van der Waals surface area (Å²) < 4.78 is 5.10. The molecular weight excluding hydrogens is 340 g/mol. The standard InChI is InChI=1S/C21H24N4O2/c1-5-20-22-19(23-27-20)14-25(4)21(26)17-8-6-7-16(13-17)15-9-11-18(12-10-15)24(2)3/h6-13H,5,14H2,1-4H3. The van der Waals surface area contributed by atoms with Crippen LogP contribution in [0.4, 0.5) is 5.69 Å². The molecule has 6 nitrogen and oxygen atoms in total. The smallest absolute Gasteiger partial charge is 0.254 e. The van der Waals surface area contributed by atoms with E-state index in [0.29, 0.717) is 30.2 Å². The number of aryl methyl sites for hydroxylation is 1. The highest BCUT2D eigenvalue weighted by Crippen LogP contribution is 2.24. The summed E-state index contributed by atoms with van der Waals surface area (Å²) in [5.41, 5.74) is 3.85. The lowest BCUT2D eigenvalue weighted by atomic mass is 10.0. The summed E-state index contributed by atoms with van der Waals surface area (Å²) in [6, 6.07) is 15.9. The summed E-state index contributed by atoms with van der Waals surface area (Å²) in [5, 5.41) is 3.91. The number of anilines is 1. The van der Waals surface area contributed by atoms with E-state index < -0.39 is 0 Å². The van der Waals surface area contributed by atoms with Crippen molar-refractivity contribution in [2.75, 3.05) is 26.0 Å². The van der Waals surface area contributed by atoms with Gasteiger partial charge in [0.15, 0.2) is 5.82 Å². The minimum absolute atomic E-state index is 0.0791. The van der Waals surface area contributed by atoms with Crippen molar-refractivity contribution < 1.29 is 9.32 Å². The summed E-state index contributed by atoms with van der Waals surface area (Å²) in [6.45, 7) is 2.26. The number of nitrogens with zero attached hydrogens (tertiary/aromatic N) is 4. The fourth-order valence-electron chi connectivity index (χ4n) is 2.79. The normalized spacial score (nSPS) is 10.7. The van der Waals surface area contributed by atoms with Crippen LogP contribution in [0.15, 0.2) is 53.1 Å². The van der Waals surface area contributed by atoms with Crippen LogP contribution in [0.1, 0.15) is 29.0 Å². The largest absolute Gasteiger partial charge is 0.378 e. The van der Waals surface area contributed by atoms with Crippen LogP contribution in [-0.2, 0) is 13.0 Å². The molecule has 0 atom stereocenters. The van der Waals surface area contributed by atoms with Crippen LogP contribution in [0.2, 0.25) is 0 Å². The van der Waals surface area contributed by atoms with E-state index in [2.05, 4.69) is 39.3 Å². The van der Waals surface area contributed by atoms with Gasteiger partial charge in [-0.3, -0.25) is 4.79 Å². The summed E-state index contributed by atoms with van der Waals surface area (Å²) >= 11 is 0. The molecule has 0 radical (unpaired) electrons. The molecule has 0 aliphatic heterocycles. The van der Waals surface area contributed by atoms with Crippen molar-refractivity contribution >= 4 is 11.6 Å². The van der Waals surface area contributed by atoms with E-state index in [1.807, 2.05) is 45.3 Å². The molecule has 140 valence electrons. The van der Waals surface area contributed by atoms with Crippen LogP contribution >= 0.6 is 0 Å². The van der Waals surface area contributed by atoms with Gasteiger partial charge in [-0.15, -0.1) is 0 Å². The highest BCUT2D eigenvalue weighted by molar-refractivity contribution is 5.95. The molecular formula is C21H24N4O2. The molecule has 0 saturated heterocycles. The third-order valence-electron chi connectivity index (χ3n) is 4.36. The number of carbonyl (C=O) groups excluding carboxylic acids is 1. The first-order valence-corrected chi connectivity index (χ1v) is 8.92. The molecule has 3 aromatic rings. The Morgan fingerprint density at radius 2 is 1.78 bits per heavy atom. The van der Waals surface area contributed by atoms with Gasteiger partial charge in [0.2, 0.25) is 5.89 Å². The monoisotopic (exact) mass is 364 g/mol. The van der Waals surface area contributed by atoms with Crippen LogP contribution in [0.5, 0.6) is 0 Å². The first-order chi connectivity index (χ1) is 13.0. The molecule has 1 aromatic heterocycles. The maximum Gasteiger partial charge on any atom is 0.254 e. The number of hydrogen-bond acceptors (Lipinski definition) is 5. The Hall–Kier alpha value is -3.15. The number of aromatic nitrogens is 2. The van der Waals surface area contributed by atoms with Crippen molar-refractivity contribution in [3.05, 3.63) is 65.8 Å². The SMILES string of the molecule is CCc1nc(CN(C)C(=O)c2cccc(-c3ccc(N(C)C)cc3)c2)no1. The molecule has 1 amide bonds. The third kappa shape index (κ3) is 4.34. The molecule has 27 heavy (non-hydrogen) atoms. The van der Waals surface area contributed by atoms with Crippen molar-refractivity contribution in [2.24, 2.45) is 0 Å².